The van der Waals surface area contributed by atoms with Gasteiger partial charge < -0.3 is 14.8 Å². The van der Waals surface area contributed by atoms with Crippen molar-refractivity contribution in [1.82, 2.24) is 5.32 Å². The molecule has 0 saturated heterocycles. The minimum Gasteiger partial charge on any atom is -0.466 e. The lowest BCUT2D eigenvalue weighted by molar-refractivity contribution is -0.142. The van der Waals surface area contributed by atoms with E-state index >= 15 is 0 Å². The molecule has 0 aromatic heterocycles. The summed E-state index contributed by atoms with van der Waals surface area (Å²) >= 11 is 1.01. The molecule has 1 atom stereocenters. The molecule has 0 spiro atoms. The van der Waals surface area contributed by atoms with Crippen LogP contribution in [-0.4, -0.2) is 42.2 Å². The number of hydrogen-bond donors (Lipinski definition) is 1. The van der Waals surface area contributed by atoms with Crippen molar-refractivity contribution in [2.24, 2.45) is 0 Å². The molecule has 1 aromatic rings. The van der Waals surface area contributed by atoms with Crippen LogP contribution >= 0.6 is 11.8 Å². The molecule has 7 heteroatoms. The molecular formula is C17H23NO5S. The summed E-state index contributed by atoms with van der Waals surface area (Å²) in [6, 6.07) is 8.68. The van der Waals surface area contributed by atoms with E-state index in [4.69, 9.17) is 9.47 Å². The highest BCUT2D eigenvalue weighted by Gasteiger charge is 2.22. The van der Waals surface area contributed by atoms with Crippen molar-refractivity contribution >= 4 is 28.9 Å². The van der Waals surface area contributed by atoms with Crippen molar-refractivity contribution in [3.05, 3.63) is 35.9 Å². The van der Waals surface area contributed by atoms with Crippen molar-refractivity contribution < 1.29 is 23.9 Å². The normalized spacial score (nSPS) is 11.4. The minimum atomic E-state index is -0.710. The Bertz CT molecular complexity index is 535. The SMILES string of the molecule is CCOC(=O)CCSC(=O)[C@H](Cc1ccccc1)NC(=O)OCC. The zero-order valence-electron chi connectivity index (χ0n) is 13.9. The minimum absolute atomic E-state index is 0.154. The molecule has 0 aliphatic heterocycles. The molecule has 1 N–H and O–H groups in total. The first kappa shape index (κ1) is 20.0. The molecule has 0 fully saturated rings. The van der Waals surface area contributed by atoms with Gasteiger partial charge in [0.1, 0.15) is 6.04 Å². The Morgan fingerprint density at radius 1 is 1.08 bits per heavy atom. The largest absolute Gasteiger partial charge is 0.466 e. The summed E-state index contributed by atoms with van der Waals surface area (Å²) < 4.78 is 9.67. The number of amides is 1. The van der Waals surface area contributed by atoms with E-state index in [2.05, 4.69) is 5.32 Å². The Morgan fingerprint density at radius 2 is 1.75 bits per heavy atom. The Kier molecular flexibility index (Phi) is 9.60. The third-order valence-electron chi connectivity index (χ3n) is 2.99. The number of alkyl carbamates (subject to hydrolysis) is 1. The second-order valence-electron chi connectivity index (χ2n) is 4.83. The first-order valence-corrected chi connectivity index (χ1v) is 8.84. The third-order valence-corrected chi connectivity index (χ3v) is 3.97. The zero-order valence-corrected chi connectivity index (χ0v) is 14.8. The smallest absolute Gasteiger partial charge is 0.407 e. The van der Waals surface area contributed by atoms with E-state index in [1.807, 2.05) is 30.3 Å². The number of nitrogens with one attached hydrogen (secondary N) is 1. The van der Waals surface area contributed by atoms with E-state index in [-0.39, 0.29) is 24.1 Å². The van der Waals surface area contributed by atoms with Crippen molar-refractivity contribution in [3.63, 3.8) is 0 Å². The number of carbonyl (C=O) groups excluding carboxylic acids is 3. The molecule has 1 amide bonds. The predicted molar refractivity (Wildman–Crippen MR) is 92.8 cm³/mol. The molecule has 0 saturated carbocycles. The number of rotatable bonds is 9. The van der Waals surface area contributed by atoms with E-state index in [0.717, 1.165) is 17.3 Å². The standard InChI is InChI=1S/C17H23NO5S/c1-3-22-15(19)10-11-24-16(20)14(18-17(21)23-4-2)12-13-8-6-5-7-9-13/h5-9,14H,3-4,10-12H2,1-2H3,(H,18,21)/t14-/m0/s1. The maximum atomic E-state index is 12.4. The number of thioether (sulfide) groups is 1. The zero-order chi connectivity index (χ0) is 17.8. The van der Waals surface area contributed by atoms with Crippen LogP contribution in [0.4, 0.5) is 4.79 Å². The lowest BCUT2D eigenvalue weighted by Crippen LogP contribution is -2.41. The molecule has 24 heavy (non-hydrogen) atoms. The van der Waals surface area contributed by atoms with Gasteiger partial charge in [0.2, 0.25) is 5.12 Å². The monoisotopic (exact) mass is 353 g/mol. The maximum Gasteiger partial charge on any atom is 0.407 e. The molecule has 0 unspecified atom stereocenters. The van der Waals surface area contributed by atoms with Crippen LogP contribution < -0.4 is 5.32 Å². The fourth-order valence-corrected chi connectivity index (χ4v) is 2.74. The Labute approximate surface area is 146 Å². The van der Waals surface area contributed by atoms with Crippen molar-refractivity contribution in [3.8, 4) is 0 Å². The van der Waals surface area contributed by atoms with Gasteiger partial charge in [-0.15, -0.1) is 0 Å². The Balaban J connectivity index is 2.60. The highest BCUT2D eigenvalue weighted by molar-refractivity contribution is 8.13. The second kappa shape index (κ2) is 11.5. The Morgan fingerprint density at radius 3 is 2.38 bits per heavy atom. The third kappa shape index (κ3) is 8.01. The topological polar surface area (TPSA) is 81.7 Å². The summed E-state index contributed by atoms with van der Waals surface area (Å²) in [5, 5.41) is 2.37. The number of benzene rings is 1. The summed E-state index contributed by atoms with van der Waals surface area (Å²) in [5.41, 5.74) is 0.929. The van der Waals surface area contributed by atoms with E-state index in [1.165, 1.54) is 0 Å². The lowest BCUT2D eigenvalue weighted by Gasteiger charge is -2.17. The van der Waals surface area contributed by atoms with Gasteiger partial charge in [-0.1, -0.05) is 42.1 Å². The molecule has 6 nitrogen and oxygen atoms in total. The molecule has 0 heterocycles. The van der Waals surface area contributed by atoms with Gasteiger partial charge in [0, 0.05) is 12.2 Å². The maximum absolute atomic E-state index is 12.4. The van der Waals surface area contributed by atoms with Crippen molar-refractivity contribution in [2.45, 2.75) is 32.7 Å². The van der Waals surface area contributed by atoms with Gasteiger partial charge in [0.05, 0.1) is 19.6 Å². The molecule has 1 aromatic carbocycles. The van der Waals surface area contributed by atoms with E-state index in [1.54, 1.807) is 13.8 Å². The van der Waals surface area contributed by atoms with E-state index in [9.17, 15) is 14.4 Å². The number of esters is 1. The van der Waals surface area contributed by atoms with Gasteiger partial charge in [0.15, 0.2) is 0 Å². The second-order valence-corrected chi connectivity index (χ2v) is 5.93. The van der Waals surface area contributed by atoms with Crippen LogP contribution in [0.25, 0.3) is 0 Å². The van der Waals surface area contributed by atoms with Crippen LogP contribution in [0.2, 0.25) is 0 Å². The summed E-state index contributed by atoms with van der Waals surface area (Å²) in [5.74, 6) is -0.0243. The average Bonchev–Trinajstić information content (AvgIpc) is 2.55. The number of hydrogen-bond acceptors (Lipinski definition) is 6. The fraction of sp³-hybridized carbons (Fsp3) is 0.471. The lowest BCUT2D eigenvalue weighted by atomic mass is 10.1. The molecule has 0 bridgehead atoms. The van der Waals surface area contributed by atoms with E-state index in [0.29, 0.717) is 18.8 Å². The summed E-state index contributed by atoms with van der Waals surface area (Å²) in [6.45, 7) is 3.98. The van der Waals surface area contributed by atoms with Gasteiger partial charge in [-0.3, -0.25) is 9.59 Å². The van der Waals surface area contributed by atoms with Crippen LogP contribution in [0.15, 0.2) is 30.3 Å². The summed E-state index contributed by atoms with van der Waals surface area (Å²) in [6.07, 6.45) is -0.107. The highest BCUT2D eigenvalue weighted by Crippen LogP contribution is 2.13. The number of ether oxygens (including phenoxy) is 2. The van der Waals surface area contributed by atoms with Crippen LogP contribution in [0, 0.1) is 0 Å². The molecule has 0 radical (unpaired) electrons. The number of carbonyl (C=O) groups is 3. The van der Waals surface area contributed by atoms with Gasteiger partial charge in [0.25, 0.3) is 0 Å². The van der Waals surface area contributed by atoms with E-state index < -0.39 is 12.1 Å². The Hall–Kier alpha value is -2.02. The first-order valence-electron chi connectivity index (χ1n) is 7.86. The van der Waals surface area contributed by atoms with Gasteiger partial charge >= 0.3 is 12.1 Å². The van der Waals surface area contributed by atoms with Crippen molar-refractivity contribution in [2.75, 3.05) is 19.0 Å². The first-order chi connectivity index (χ1) is 11.6. The van der Waals surface area contributed by atoms with Gasteiger partial charge in [-0.25, -0.2) is 4.79 Å². The van der Waals surface area contributed by atoms with Gasteiger partial charge in [-0.05, 0) is 19.4 Å². The molecule has 0 aliphatic rings. The van der Waals surface area contributed by atoms with Crippen LogP contribution in [0.5, 0.6) is 0 Å². The molecule has 132 valence electrons. The summed E-state index contributed by atoms with van der Waals surface area (Å²) in [7, 11) is 0. The molecule has 1 rings (SSSR count). The van der Waals surface area contributed by atoms with Crippen LogP contribution in [0.1, 0.15) is 25.8 Å². The molecule has 0 aliphatic carbocycles. The van der Waals surface area contributed by atoms with Gasteiger partial charge in [-0.2, -0.15) is 0 Å². The highest BCUT2D eigenvalue weighted by atomic mass is 32.2. The quantitative estimate of drug-likeness (QED) is 0.687. The van der Waals surface area contributed by atoms with Crippen LogP contribution in [0.3, 0.4) is 0 Å². The fourth-order valence-electron chi connectivity index (χ4n) is 1.93. The summed E-state index contributed by atoms with van der Waals surface area (Å²) in [4.78, 5) is 35.3. The predicted octanol–water partition coefficient (Wildman–Crippen LogP) is 2.56. The molecular weight excluding hydrogens is 330 g/mol. The van der Waals surface area contributed by atoms with Crippen LogP contribution in [-0.2, 0) is 25.5 Å². The average molecular weight is 353 g/mol. The van der Waals surface area contributed by atoms with Crippen molar-refractivity contribution in [1.29, 1.82) is 0 Å².